The van der Waals surface area contributed by atoms with Gasteiger partial charge in [0.15, 0.2) is 0 Å². The number of amides is 1. The lowest BCUT2D eigenvalue weighted by Gasteiger charge is -2.12. The second-order valence-electron chi connectivity index (χ2n) is 6.82. The van der Waals surface area contributed by atoms with Gasteiger partial charge in [-0.1, -0.05) is 37.3 Å². The fourth-order valence-electron chi connectivity index (χ4n) is 3.08. The second kappa shape index (κ2) is 9.73. The minimum atomic E-state index is -0.600. The zero-order valence-corrected chi connectivity index (χ0v) is 16.8. The first-order chi connectivity index (χ1) is 14.5. The molecule has 30 heavy (non-hydrogen) atoms. The van der Waals surface area contributed by atoms with E-state index in [2.05, 4.69) is 5.32 Å². The molecule has 2 aromatic carbocycles. The van der Waals surface area contributed by atoms with Crippen molar-refractivity contribution in [1.82, 2.24) is 0 Å². The first-order valence-corrected chi connectivity index (χ1v) is 9.67. The molecule has 7 nitrogen and oxygen atoms in total. The van der Waals surface area contributed by atoms with Crippen LogP contribution in [0.3, 0.4) is 0 Å². The number of ether oxygens (including phenoxy) is 2. The van der Waals surface area contributed by atoms with Gasteiger partial charge in [-0.2, -0.15) is 0 Å². The summed E-state index contributed by atoms with van der Waals surface area (Å²) < 4.78 is 15.5. The summed E-state index contributed by atoms with van der Waals surface area (Å²) in [4.78, 5) is 35.8. The van der Waals surface area contributed by atoms with Crippen molar-refractivity contribution in [3.8, 4) is 0 Å². The summed E-state index contributed by atoms with van der Waals surface area (Å²) in [5.74, 6) is -0.332. The van der Waals surface area contributed by atoms with Crippen LogP contribution in [-0.4, -0.2) is 18.7 Å². The molecular weight excluding hydrogens is 386 g/mol. The average molecular weight is 409 g/mol. The molecule has 0 fully saturated rings. The van der Waals surface area contributed by atoms with E-state index in [-0.39, 0.29) is 37.1 Å². The van der Waals surface area contributed by atoms with E-state index in [1.807, 2.05) is 37.3 Å². The highest BCUT2D eigenvalue weighted by atomic mass is 16.5. The summed E-state index contributed by atoms with van der Waals surface area (Å²) in [5.41, 5.74) is 1.72. The molecule has 1 aromatic heterocycles. The Bertz CT molecular complexity index is 1090. The van der Waals surface area contributed by atoms with Crippen molar-refractivity contribution in [2.75, 3.05) is 11.9 Å². The SMILES string of the molecule is CCOC(=O)Nc1ccc2c(COC(=O)C[C@H](C)c3ccccc3)cc(=O)oc2c1. The summed E-state index contributed by atoms with van der Waals surface area (Å²) in [6.45, 7) is 3.86. The number of carbonyl (C=O) groups excluding carboxylic acids is 2. The number of carbonyl (C=O) groups is 2. The zero-order chi connectivity index (χ0) is 21.5. The molecule has 0 unspecified atom stereocenters. The lowest BCUT2D eigenvalue weighted by Crippen LogP contribution is -2.13. The Morgan fingerprint density at radius 1 is 1.07 bits per heavy atom. The normalized spacial score (nSPS) is 11.7. The summed E-state index contributed by atoms with van der Waals surface area (Å²) >= 11 is 0. The average Bonchev–Trinajstić information content (AvgIpc) is 2.72. The van der Waals surface area contributed by atoms with Crippen molar-refractivity contribution in [2.24, 2.45) is 0 Å². The van der Waals surface area contributed by atoms with E-state index in [4.69, 9.17) is 13.9 Å². The number of esters is 1. The van der Waals surface area contributed by atoms with Crippen LogP contribution in [0.1, 0.15) is 37.3 Å². The molecule has 1 heterocycles. The van der Waals surface area contributed by atoms with E-state index < -0.39 is 11.7 Å². The highest BCUT2D eigenvalue weighted by molar-refractivity contribution is 5.90. The maximum atomic E-state index is 12.3. The van der Waals surface area contributed by atoms with Crippen molar-refractivity contribution < 1.29 is 23.5 Å². The topological polar surface area (TPSA) is 94.8 Å². The third-order valence-corrected chi connectivity index (χ3v) is 4.58. The van der Waals surface area contributed by atoms with Gasteiger partial charge in [0.2, 0.25) is 0 Å². The molecule has 0 aliphatic rings. The van der Waals surface area contributed by atoms with Crippen molar-refractivity contribution >= 4 is 28.7 Å². The zero-order valence-electron chi connectivity index (χ0n) is 16.8. The smallest absolute Gasteiger partial charge is 0.411 e. The van der Waals surface area contributed by atoms with Gasteiger partial charge in [-0.3, -0.25) is 10.1 Å². The van der Waals surface area contributed by atoms with Gasteiger partial charge in [0.05, 0.1) is 13.0 Å². The molecule has 7 heteroatoms. The number of hydrogen-bond acceptors (Lipinski definition) is 6. The number of fused-ring (bicyclic) bond motifs is 1. The Morgan fingerprint density at radius 2 is 1.83 bits per heavy atom. The Hall–Kier alpha value is -3.61. The summed E-state index contributed by atoms with van der Waals surface area (Å²) in [5, 5.41) is 3.17. The second-order valence-corrected chi connectivity index (χ2v) is 6.82. The monoisotopic (exact) mass is 409 g/mol. The number of nitrogens with one attached hydrogen (secondary N) is 1. The highest BCUT2D eigenvalue weighted by Crippen LogP contribution is 2.23. The molecule has 3 aromatic rings. The summed E-state index contributed by atoms with van der Waals surface area (Å²) in [7, 11) is 0. The number of hydrogen-bond donors (Lipinski definition) is 1. The lowest BCUT2D eigenvalue weighted by atomic mass is 9.98. The van der Waals surface area contributed by atoms with Crippen LogP contribution in [0, 0.1) is 0 Å². The minimum Gasteiger partial charge on any atom is -0.461 e. The van der Waals surface area contributed by atoms with Crippen LogP contribution in [0.2, 0.25) is 0 Å². The Kier molecular flexibility index (Phi) is 6.85. The molecule has 1 N–H and O–H groups in total. The van der Waals surface area contributed by atoms with Crippen molar-refractivity contribution in [3.05, 3.63) is 76.1 Å². The lowest BCUT2D eigenvalue weighted by molar-refractivity contribution is -0.145. The van der Waals surface area contributed by atoms with E-state index >= 15 is 0 Å². The molecule has 0 radical (unpaired) electrons. The van der Waals surface area contributed by atoms with Crippen LogP contribution in [-0.2, 0) is 20.9 Å². The molecule has 0 saturated carbocycles. The van der Waals surface area contributed by atoms with Gasteiger partial charge in [0, 0.05) is 28.8 Å². The predicted octanol–water partition coefficient (Wildman–Crippen LogP) is 4.60. The quantitative estimate of drug-likeness (QED) is 0.453. The molecule has 3 rings (SSSR count). The molecule has 0 aliphatic heterocycles. The minimum absolute atomic E-state index is 0.0211. The van der Waals surface area contributed by atoms with Gasteiger partial charge in [0.1, 0.15) is 12.2 Å². The fourth-order valence-corrected chi connectivity index (χ4v) is 3.08. The first kappa shape index (κ1) is 21.1. The van der Waals surface area contributed by atoms with Gasteiger partial charge in [0.25, 0.3) is 0 Å². The van der Waals surface area contributed by atoms with Gasteiger partial charge in [-0.15, -0.1) is 0 Å². The Balaban J connectivity index is 1.70. The Morgan fingerprint density at radius 3 is 2.57 bits per heavy atom. The summed E-state index contributed by atoms with van der Waals surface area (Å²) in [6.07, 6.45) is -0.367. The van der Waals surface area contributed by atoms with Crippen molar-refractivity contribution in [3.63, 3.8) is 0 Å². The fraction of sp³-hybridized carbons (Fsp3) is 0.261. The molecule has 0 saturated heterocycles. The maximum absolute atomic E-state index is 12.3. The number of anilines is 1. The van der Waals surface area contributed by atoms with Gasteiger partial charge >= 0.3 is 17.7 Å². The van der Waals surface area contributed by atoms with E-state index in [1.54, 1.807) is 19.1 Å². The first-order valence-electron chi connectivity index (χ1n) is 9.67. The third-order valence-electron chi connectivity index (χ3n) is 4.58. The Labute approximate surface area is 173 Å². The number of benzene rings is 2. The third kappa shape index (κ3) is 5.47. The molecule has 0 spiro atoms. The van der Waals surface area contributed by atoms with Gasteiger partial charge < -0.3 is 13.9 Å². The van der Waals surface area contributed by atoms with Crippen LogP contribution in [0.4, 0.5) is 10.5 Å². The predicted molar refractivity (Wildman–Crippen MR) is 112 cm³/mol. The molecule has 1 atom stereocenters. The largest absolute Gasteiger partial charge is 0.461 e. The van der Waals surface area contributed by atoms with Crippen molar-refractivity contribution in [2.45, 2.75) is 32.8 Å². The summed E-state index contributed by atoms with van der Waals surface area (Å²) in [6, 6.07) is 15.9. The molecule has 0 aliphatic carbocycles. The van der Waals surface area contributed by atoms with Gasteiger partial charge in [-0.25, -0.2) is 9.59 Å². The van der Waals surface area contributed by atoms with Crippen molar-refractivity contribution in [1.29, 1.82) is 0 Å². The maximum Gasteiger partial charge on any atom is 0.411 e. The number of rotatable bonds is 7. The van der Waals surface area contributed by atoms with E-state index in [1.165, 1.54) is 12.1 Å². The molecule has 1 amide bonds. The highest BCUT2D eigenvalue weighted by Gasteiger charge is 2.14. The van der Waals surface area contributed by atoms with E-state index in [9.17, 15) is 14.4 Å². The molecule has 156 valence electrons. The van der Waals surface area contributed by atoms with Crippen LogP contribution < -0.4 is 10.9 Å². The van der Waals surface area contributed by atoms with E-state index in [0.29, 0.717) is 16.6 Å². The van der Waals surface area contributed by atoms with Gasteiger partial charge in [-0.05, 0) is 30.5 Å². The van der Waals surface area contributed by atoms with Crippen LogP contribution in [0.15, 0.2) is 63.8 Å². The van der Waals surface area contributed by atoms with Crippen LogP contribution >= 0.6 is 0 Å². The molecule has 0 bridgehead atoms. The van der Waals surface area contributed by atoms with Crippen LogP contribution in [0.5, 0.6) is 0 Å². The van der Waals surface area contributed by atoms with E-state index in [0.717, 1.165) is 5.56 Å². The molecular formula is C23H23NO6. The van der Waals surface area contributed by atoms with Crippen LogP contribution in [0.25, 0.3) is 11.0 Å². The standard InChI is InChI=1S/C23H23NO6/c1-3-28-23(27)24-18-9-10-19-17(12-22(26)30-20(19)13-18)14-29-21(25)11-15(2)16-7-5-4-6-8-16/h4-10,12-13,15H,3,11,14H2,1-2H3,(H,24,27)/t15-/m0/s1.